The summed E-state index contributed by atoms with van der Waals surface area (Å²) in [6.45, 7) is 5.71. The summed E-state index contributed by atoms with van der Waals surface area (Å²) in [5.74, 6) is 0.684. The van der Waals surface area contributed by atoms with E-state index in [2.05, 4.69) is 10.2 Å². The van der Waals surface area contributed by atoms with E-state index in [0.29, 0.717) is 10.9 Å². The molecule has 0 saturated carbocycles. The number of hydrogen-bond donors (Lipinski definition) is 2. The Balaban J connectivity index is 2.65. The highest BCUT2D eigenvalue weighted by Gasteiger charge is 2.25. The molecule has 5 nitrogen and oxygen atoms in total. The fourth-order valence-corrected chi connectivity index (χ4v) is 1.98. The van der Waals surface area contributed by atoms with Crippen molar-refractivity contribution < 1.29 is 5.11 Å². The number of H-pyrrole nitrogens is 1. The third-order valence-electron chi connectivity index (χ3n) is 2.58. The Morgan fingerprint density at radius 2 is 2.27 bits per heavy atom. The summed E-state index contributed by atoms with van der Waals surface area (Å²) in [6, 6.07) is 0. The van der Waals surface area contributed by atoms with E-state index in [0.717, 1.165) is 0 Å². The molecule has 2 N–H and O–H groups in total. The third kappa shape index (κ3) is 2.85. The Bertz CT molecular complexity index is 381. The van der Waals surface area contributed by atoms with Gasteiger partial charge < -0.3 is 5.11 Å². The second kappa shape index (κ2) is 4.40. The zero-order valence-electron chi connectivity index (χ0n) is 9.44. The van der Waals surface area contributed by atoms with Gasteiger partial charge in [-0.05, 0) is 12.8 Å². The van der Waals surface area contributed by atoms with Crippen molar-refractivity contribution in [1.29, 1.82) is 0 Å². The molecule has 0 aromatic carbocycles. The van der Waals surface area contributed by atoms with Crippen LogP contribution < -0.4 is 5.69 Å². The Morgan fingerprint density at radius 3 is 2.67 bits per heavy atom. The van der Waals surface area contributed by atoms with Gasteiger partial charge >= 0.3 is 5.69 Å². The summed E-state index contributed by atoms with van der Waals surface area (Å²) in [4.78, 5) is 11.1. The minimum Gasteiger partial charge on any atom is -0.389 e. The van der Waals surface area contributed by atoms with Gasteiger partial charge in [0.15, 0.2) is 5.16 Å². The standard InChI is InChI=1S/C9H17N3O2S/c1-6(2)9(3,14)5-15-8-11-10-7(13)12(8)4/h6,14H,5H2,1-4H3,(H,10,13). The lowest BCUT2D eigenvalue weighted by molar-refractivity contribution is 0.0376. The van der Waals surface area contributed by atoms with Crippen molar-refractivity contribution in [3.05, 3.63) is 10.5 Å². The highest BCUT2D eigenvalue weighted by Crippen LogP contribution is 2.24. The van der Waals surface area contributed by atoms with Crippen molar-refractivity contribution in [3.8, 4) is 0 Å². The lowest BCUT2D eigenvalue weighted by Crippen LogP contribution is -2.34. The summed E-state index contributed by atoms with van der Waals surface area (Å²) in [5, 5.41) is 16.8. The molecule has 0 fully saturated rings. The first kappa shape index (κ1) is 12.3. The fraction of sp³-hybridized carbons (Fsp3) is 0.778. The number of nitrogens with one attached hydrogen (secondary N) is 1. The van der Waals surface area contributed by atoms with Gasteiger partial charge in [0.2, 0.25) is 0 Å². The van der Waals surface area contributed by atoms with Crippen LogP contribution in [0.15, 0.2) is 9.95 Å². The number of aromatic amines is 1. The average Bonchev–Trinajstić information content (AvgIpc) is 2.45. The first-order chi connectivity index (χ1) is 6.84. The molecule has 0 saturated heterocycles. The number of hydrogen-bond acceptors (Lipinski definition) is 4. The molecule has 6 heteroatoms. The third-order valence-corrected chi connectivity index (χ3v) is 3.93. The molecule has 0 aliphatic rings. The van der Waals surface area contributed by atoms with Crippen LogP contribution in [0.4, 0.5) is 0 Å². The monoisotopic (exact) mass is 231 g/mol. The Hall–Kier alpha value is -0.750. The van der Waals surface area contributed by atoms with Crippen molar-refractivity contribution in [2.45, 2.75) is 31.5 Å². The zero-order chi connectivity index (χ0) is 11.6. The molecule has 1 heterocycles. The number of thioether (sulfide) groups is 1. The molecule has 0 spiro atoms. The molecule has 0 radical (unpaired) electrons. The van der Waals surface area contributed by atoms with Crippen LogP contribution in [0.1, 0.15) is 20.8 Å². The number of aromatic nitrogens is 3. The molecule has 1 aromatic heterocycles. The molecule has 1 unspecified atom stereocenters. The van der Waals surface area contributed by atoms with Gasteiger partial charge in [0.05, 0.1) is 5.60 Å². The first-order valence-electron chi connectivity index (χ1n) is 4.81. The fourth-order valence-electron chi connectivity index (χ4n) is 0.839. The van der Waals surface area contributed by atoms with Crippen molar-refractivity contribution in [3.63, 3.8) is 0 Å². The molecule has 1 atom stereocenters. The van der Waals surface area contributed by atoms with Crippen LogP contribution in [-0.4, -0.2) is 31.2 Å². The summed E-state index contributed by atoms with van der Waals surface area (Å²) in [6.07, 6.45) is 0. The van der Waals surface area contributed by atoms with Crippen LogP contribution in [0, 0.1) is 5.92 Å². The van der Waals surface area contributed by atoms with Crippen LogP contribution in [0.3, 0.4) is 0 Å². The molecule has 0 amide bonds. The molecule has 0 aliphatic carbocycles. The largest absolute Gasteiger partial charge is 0.389 e. The van der Waals surface area contributed by atoms with Crippen LogP contribution in [0.25, 0.3) is 0 Å². The predicted molar refractivity (Wildman–Crippen MR) is 60.0 cm³/mol. The molecular weight excluding hydrogens is 214 g/mol. The molecular formula is C9H17N3O2S. The Kier molecular flexibility index (Phi) is 3.62. The first-order valence-corrected chi connectivity index (χ1v) is 5.79. The number of rotatable bonds is 4. The van der Waals surface area contributed by atoms with Gasteiger partial charge in [0.1, 0.15) is 0 Å². The maximum absolute atomic E-state index is 11.1. The lowest BCUT2D eigenvalue weighted by atomic mass is 9.95. The van der Waals surface area contributed by atoms with Crippen LogP contribution in [0.2, 0.25) is 0 Å². The Morgan fingerprint density at radius 1 is 1.67 bits per heavy atom. The second-order valence-electron chi connectivity index (χ2n) is 4.17. The average molecular weight is 231 g/mol. The number of nitrogens with zero attached hydrogens (tertiary/aromatic N) is 2. The normalized spacial score (nSPS) is 15.6. The van der Waals surface area contributed by atoms with Crippen molar-refractivity contribution in [2.24, 2.45) is 13.0 Å². The predicted octanol–water partition coefficient (Wildman–Crippen LogP) is 0.607. The van der Waals surface area contributed by atoms with E-state index in [-0.39, 0.29) is 11.6 Å². The second-order valence-corrected chi connectivity index (χ2v) is 5.11. The van der Waals surface area contributed by atoms with E-state index >= 15 is 0 Å². The van der Waals surface area contributed by atoms with E-state index in [4.69, 9.17) is 0 Å². The summed E-state index contributed by atoms with van der Waals surface area (Å²) >= 11 is 1.37. The maximum Gasteiger partial charge on any atom is 0.343 e. The van der Waals surface area contributed by atoms with Crippen molar-refractivity contribution in [1.82, 2.24) is 14.8 Å². The van der Waals surface area contributed by atoms with E-state index in [1.54, 1.807) is 14.0 Å². The van der Waals surface area contributed by atoms with Gasteiger partial charge in [0, 0.05) is 12.8 Å². The lowest BCUT2D eigenvalue weighted by Gasteiger charge is -2.26. The van der Waals surface area contributed by atoms with Crippen molar-refractivity contribution >= 4 is 11.8 Å². The highest BCUT2D eigenvalue weighted by molar-refractivity contribution is 7.99. The minimum absolute atomic E-state index is 0.168. The summed E-state index contributed by atoms with van der Waals surface area (Å²) in [5.41, 5.74) is -0.985. The highest BCUT2D eigenvalue weighted by atomic mass is 32.2. The topological polar surface area (TPSA) is 70.9 Å². The van der Waals surface area contributed by atoms with Gasteiger partial charge in [0.25, 0.3) is 0 Å². The Labute approximate surface area is 92.9 Å². The number of aliphatic hydroxyl groups is 1. The van der Waals surface area contributed by atoms with E-state index in [9.17, 15) is 9.90 Å². The van der Waals surface area contributed by atoms with Crippen LogP contribution in [-0.2, 0) is 7.05 Å². The van der Waals surface area contributed by atoms with E-state index in [1.165, 1.54) is 16.3 Å². The van der Waals surface area contributed by atoms with Crippen LogP contribution in [0.5, 0.6) is 0 Å². The maximum atomic E-state index is 11.1. The molecule has 1 aromatic rings. The van der Waals surface area contributed by atoms with Gasteiger partial charge in [-0.1, -0.05) is 25.6 Å². The van der Waals surface area contributed by atoms with Gasteiger partial charge in [-0.3, -0.25) is 4.57 Å². The summed E-state index contributed by atoms with van der Waals surface area (Å²) in [7, 11) is 1.65. The molecule has 1 rings (SSSR count). The molecule has 15 heavy (non-hydrogen) atoms. The molecule has 86 valence electrons. The van der Waals surface area contributed by atoms with Gasteiger partial charge in [-0.2, -0.15) is 0 Å². The quantitative estimate of drug-likeness (QED) is 0.745. The van der Waals surface area contributed by atoms with Crippen molar-refractivity contribution in [2.75, 3.05) is 5.75 Å². The van der Waals surface area contributed by atoms with E-state index < -0.39 is 5.60 Å². The zero-order valence-corrected chi connectivity index (χ0v) is 10.3. The van der Waals surface area contributed by atoms with E-state index in [1.807, 2.05) is 13.8 Å². The van der Waals surface area contributed by atoms with Gasteiger partial charge in [-0.25, -0.2) is 9.89 Å². The molecule has 0 bridgehead atoms. The SMILES string of the molecule is CC(C)C(C)(O)CSc1n[nH]c(=O)n1C. The summed E-state index contributed by atoms with van der Waals surface area (Å²) < 4.78 is 1.43. The molecule has 0 aliphatic heterocycles. The minimum atomic E-state index is -0.750. The van der Waals surface area contributed by atoms with Gasteiger partial charge in [-0.15, -0.1) is 5.10 Å². The smallest absolute Gasteiger partial charge is 0.343 e. The van der Waals surface area contributed by atoms with Crippen LogP contribution >= 0.6 is 11.8 Å².